The average Bonchev–Trinajstić information content (AvgIpc) is 3.29. The smallest absolute Gasteiger partial charge is 0.266 e. The fourth-order valence-electron chi connectivity index (χ4n) is 3.22. The molecule has 0 aromatic heterocycles. The molecule has 0 spiro atoms. The van der Waals surface area contributed by atoms with Crippen molar-refractivity contribution >= 4 is 46.2 Å². The van der Waals surface area contributed by atoms with E-state index < -0.39 is 0 Å². The first-order valence-electron chi connectivity index (χ1n) is 9.43. The second-order valence-corrected chi connectivity index (χ2v) is 8.63. The Labute approximate surface area is 184 Å². The summed E-state index contributed by atoms with van der Waals surface area (Å²) in [7, 11) is 0. The molecule has 4 rings (SSSR count). The Morgan fingerprint density at radius 1 is 1.23 bits per heavy atom. The quantitative estimate of drug-likeness (QED) is 0.565. The number of thioether (sulfide) groups is 1. The zero-order chi connectivity index (χ0) is 21.3. The first-order valence-corrected chi connectivity index (χ1v) is 10.7. The third-order valence-corrected chi connectivity index (χ3v) is 6.42. The number of nitrogens with one attached hydrogen (secondary N) is 1. The Kier molecular flexibility index (Phi) is 5.78. The molecule has 154 valence electrons. The van der Waals surface area contributed by atoms with E-state index in [9.17, 15) is 9.59 Å². The van der Waals surface area contributed by atoms with E-state index in [1.54, 1.807) is 12.1 Å². The summed E-state index contributed by atoms with van der Waals surface area (Å²) in [6.07, 6.45) is 1.79. The second kappa shape index (κ2) is 8.49. The standard InChI is InChI=1S/C22H20N2O4S2/c1-13-4-3-5-16(14(13)2)20(25)23-8-9-24-21(26)19(30-22(24)29)11-15-6-7-17-18(10-15)28-12-27-17/h3-7,10-11H,8-9,12H2,1-2H3,(H,23,25)/b19-11-. The van der Waals surface area contributed by atoms with Crippen LogP contribution in [0, 0.1) is 13.8 Å². The molecule has 1 saturated heterocycles. The van der Waals surface area contributed by atoms with Gasteiger partial charge in [-0.2, -0.15) is 0 Å². The van der Waals surface area contributed by atoms with Crippen LogP contribution in [0.25, 0.3) is 6.08 Å². The molecule has 30 heavy (non-hydrogen) atoms. The van der Waals surface area contributed by atoms with Crippen molar-refractivity contribution in [2.75, 3.05) is 19.9 Å². The summed E-state index contributed by atoms with van der Waals surface area (Å²) in [6.45, 7) is 4.73. The number of thiocarbonyl (C=S) groups is 1. The molecule has 1 fully saturated rings. The molecule has 2 aromatic rings. The van der Waals surface area contributed by atoms with E-state index in [1.807, 2.05) is 44.2 Å². The van der Waals surface area contributed by atoms with Crippen LogP contribution in [-0.2, 0) is 4.79 Å². The number of benzene rings is 2. The third kappa shape index (κ3) is 4.06. The van der Waals surface area contributed by atoms with Crippen LogP contribution in [0.5, 0.6) is 11.5 Å². The number of carbonyl (C=O) groups is 2. The molecule has 2 heterocycles. The SMILES string of the molecule is Cc1cccc(C(=O)NCCN2C(=O)/C(=C/c3ccc4c(c3)OCO4)SC2=S)c1C. The van der Waals surface area contributed by atoms with Gasteiger partial charge in [-0.15, -0.1) is 0 Å². The first-order chi connectivity index (χ1) is 14.4. The van der Waals surface area contributed by atoms with E-state index in [-0.39, 0.29) is 18.6 Å². The van der Waals surface area contributed by atoms with Crippen LogP contribution in [0.1, 0.15) is 27.0 Å². The van der Waals surface area contributed by atoms with Crippen molar-refractivity contribution in [1.29, 1.82) is 0 Å². The molecule has 1 N–H and O–H groups in total. The Bertz CT molecular complexity index is 1080. The normalized spacial score (nSPS) is 16.5. The molecule has 0 unspecified atom stereocenters. The van der Waals surface area contributed by atoms with Crippen LogP contribution in [0.15, 0.2) is 41.3 Å². The average molecular weight is 441 g/mol. The summed E-state index contributed by atoms with van der Waals surface area (Å²) in [5, 5.41) is 2.88. The molecule has 6 nitrogen and oxygen atoms in total. The van der Waals surface area contributed by atoms with Gasteiger partial charge in [-0.05, 0) is 54.8 Å². The van der Waals surface area contributed by atoms with Crippen LogP contribution in [0.2, 0.25) is 0 Å². The molecule has 2 aliphatic heterocycles. The van der Waals surface area contributed by atoms with Gasteiger partial charge in [-0.1, -0.05) is 42.2 Å². The molecule has 0 aliphatic carbocycles. The second-order valence-electron chi connectivity index (χ2n) is 6.95. The predicted molar refractivity (Wildman–Crippen MR) is 121 cm³/mol. The fraction of sp³-hybridized carbons (Fsp3) is 0.227. The van der Waals surface area contributed by atoms with Crippen LogP contribution < -0.4 is 14.8 Å². The Morgan fingerprint density at radius 2 is 2.03 bits per heavy atom. The van der Waals surface area contributed by atoms with E-state index in [0.717, 1.165) is 16.7 Å². The van der Waals surface area contributed by atoms with Crippen molar-refractivity contribution in [3.8, 4) is 11.5 Å². The Morgan fingerprint density at radius 3 is 2.87 bits per heavy atom. The third-order valence-electron chi connectivity index (χ3n) is 5.04. The van der Waals surface area contributed by atoms with Crippen LogP contribution in [0.3, 0.4) is 0 Å². The minimum absolute atomic E-state index is 0.155. The molecule has 0 saturated carbocycles. The van der Waals surface area contributed by atoms with Gasteiger partial charge in [0, 0.05) is 18.7 Å². The maximum atomic E-state index is 12.8. The van der Waals surface area contributed by atoms with Gasteiger partial charge in [0.1, 0.15) is 4.32 Å². The van der Waals surface area contributed by atoms with Crippen LogP contribution in [0.4, 0.5) is 0 Å². The number of rotatable bonds is 5. The number of amides is 2. The van der Waals surface area contributed by atoms with Crippen molar-refractivity contribution in [3.05, 3.63) is 63.6 Å². The van der Waals surface area contributed by atoms with Gasteiger partial charge in [0.2, 0.25) is 6.79 Å². The van der Waals surface area contributed by atoms with Gasteiger partial charge < -0.3 is 14.8 Å². The summed E-state index contributed by atoms with van der Waals surface area (Å²) in [5.74, 6) is 1.04. The topological polar surface area (TPSA) is 67.9 Å². The first kappa shape index (κ1) is 20.4. The lowest BCUT2D eigenvalue weighted by molar-refractivity contribution is -0.122. The number of fused-ring (bicyclic) bond motifs is 1. The van der Waals surface area contributed by atoms with Gasteiger partial charge in [0.25, 0.3) is 11.8 Å². The van der Waals surface area contributed by atoms with Crippen LogP contribution in [-0.4, -0.2) is 40.9 Å². The number of nitrogens with zero attached hydrogens (tertiary/aromatic N) is 1. The highest BCUT2D eigenvalue weighted by Crippen LogP contribution is 2.36. The number of hydrogen-bond acceptors (Lipinski definition) is 6. The van der Waals surface area contributed by atoms with Gasteiger partial charge in [0.05, 0.1) is 4.91 Å². The zero-order valence-electron chi connectivity index (χ0n) is 16.6. The van der Waals surface area contributed by atoms with Crippen LogP contribution >= 0.6 is 24.0 Å². The summed E-state index contributed by atoms with van der Waals surface area (Å²) < 4.78 is 11.2. The highest BCUT2D eigenvalue weighted by molar-refractivity contribution is 8.26. The van der Waals surface area contributed by atoms with E-state index in [2.05, 4.69) is 5.32 Å². The minimum atomic E-state index is -0.163. The molecule has 8 heteroatoms. The predicted octanol–water partition coefficient (Wildman–Crippen LogP) is 3.66. The monoisotopic (exact) mass is 440 g/mol. The molecule has 0 atom stereocenters. The summed E-state index contributed by atoms with van der Waals surface area (Å²) in [5.41, 5.74) is 3.49. The lowest BCUT2D eigenvalue weighted by atomic mass is 10.0. The largest absolute Gasteiger partial charge is 0.454 e. The van der Waals surface area contributed by atoms with Crippen molar-refractivity contribution < 1.29 is 19.1 Å². The number of ether oxygens (including phenoxy) is 2. The highest BCUT2D eigenvalue weighted by atomic mass is 32.2. The molecular weight excluding hydrogens is 420 g/mol. The zero-order valence-corrected chi connectivity index (χ0v) is 18.2. The molecule has 0 radical (unpaired) electrons. The number of aryl methyl sites for hydroxylation is 1. The van der Waals surface area contributed by atoms with Crippen molar-refractivity contribution in [1.82, 2.24) is 10.2 Å². The highest BCUT2D eigenvalue weighted by Gasteiger charge is 2.31. The molecule has 0 bridgehead atoms. The van der Waals surface area contributed by atoms with Gasteiger partial charge in [-0.3, -0.25) is 14.5 Å². The lowest BCUT2D eigenvalue weighted by Crippen LogP contribution is -2.37. The van der Waals surface area contributed by atoms with E-state index in [1.165, 1.54) is 16.7 Å². The van der Waals surface area contributed by atoms with E-state index >= 15 is 0 Å². The summed E-state index contributed by atoms with van der Waals surface area (Å²) >= 11 is 6.62. The lowest BCUT2D eigenvalue weighted by Gasteiger charge is -2.15. The van der Waals surface area contributed by atoms with Gasteiger partial charge in [0.15, 0.2) is 11.5 Å². The fourth-order valence-corrected chi connectivity index (χ4v) is 4.53. The Balaban J connectivity index is 1.38. The maximum absolute atomic E-state index is 12.8. The van der Waals surface area contributed by atoms with Crippen molar-refractivity contribution in [2.45, 2.75) is 13.8 Å². The number of hydrogen-bond donors (Lipinski definition) is 1. The minimum Gasteiger partial charge on any atom is -0.454 e. The van der Waals surface area contributed by atoms with E-state index in [0.29, 0.717) is 39.4 Å². The van der Waals surface area contributed by atoms with Crippen molar-refractivity contribution in [3.63, 3.8) is 0 Å². The van der Waals surface area contributed by atoms with Gasteiger partial charge >= 0.3 is 0 Å². The molecule has 2 aromatic carbocycles. The molecule has 2 aliphatic rings. The molecular formula is C22H20N2O4S2. The molecule has 2 amide bonds. The van der Waals surface area contributed by atoms with Gasteiger partial charge in [-0.25, -0.2) is 0 Å². The summed E-state index contributed by atoms with van der Waals surface area (Å²) in [6, 6.07) is 11.1. The number of carbonyl (C=O) groups excluding carboxylic acids is 2. The van der Waals surface area contributed by atoms with E-state index in [4.69, 9.17) is 21.7 Å². The Hall–Kier alpha value is -2.84. The van der Waals surface area contributed by atoms with Crippen molar-refractivity contribution in [2.24, 2.45) is 0 Å². The maximum Gasteiger partial charge on any atom is 0.266 e. The summed E-state index contributed by atoms with van der Waals surface area (Å²) in [4.78, 5) is 27.3.